The molecule has 1 aromatic heterocycles. The molecular weight excluding hydrogens is 641 g/mol. The Morgan fingerprint density at radius 2 is 0.868 bits per heavy atom. The standard InChI is InChI=1S/C51H38N2/c1-51(2)47-19-11-9-17-43(47)45-33-46-44-18-10-12-20-49(44)53(50(46)34-48(45)51)42-31-29-41(30-32-42)52(39-25-21-37(22-26-39)35-13-5-3-6-14-35)40-27-23-38(24-28-40)36-15-7-4-8-16-36/h3-34H,1-2H3. The third-order valence-corrected chi connectivity index (χ3v) is 11.2. The van der Waals surface area contributed by atoms with Crippen LogP contribution in [0, 0.1) is 0 Å². The number of anilines is 3. The quantitative estimate of drug-likeness (QED) is 0.170. The van der Waals surface area contributed by atoms with E-state index in [0.29, 0.717) is 0 Å². The number of para-hydroxylation sites is 1. The summed E-state index contributed by atoms with van der Waals surface area (Å²) in [5.74, 6) is 0. The van der Waals surface area contributed by atoms with Crippen LogP contribution >= 0.6 is 0 Å². The summed E-state index contributed by atoms with van der Waals surface area (Å²) < 4.78 is 2.45. The lowest BCUT2D eigenvalue weighted by molar-refractivity contribution is 0.661. The summed E-state index contributed by atoms with van der Waals surface area (Å²) in [4.78, 5) is 2.35. The van der Waals surface area contributed by atoms with Crippen LogP contribution < -0.4 is 4.90 Å². The van der Waals surface area contributed by atoms with Gasteiger partial charge >= 0.3 is 0 Å². The second-order valence-electron chi connectivity index (χ2n) is 14.6. The monoisotopic (exact) mass is 678 g/mol. The van der Waals surface area contributed by atoms with Crippen LogP contribution in [0.1, 0.15) is 25.0 Å². The van der Waals surface area contributed by atoms with Gasteiger partial charge < -0.3 is 9.47 Å². The molecule has 0 N–H and O–H groups in total. The van der Waals surface area contributed by atoms with Crippen molar-refractivity contribution in [2.24, 2.45) is 0 Å². The molecule has 0 bridgehead atoms. The second-order valence-corrected chi connectivity index (χ2v) is 14.6. The molecule has 0 unspecified atom stereocenters. The Balaban J connectivity index is 1.09. The van der Waals surface area contributed by atoms with E-state index in [1.165, 1.54) is 66.3 Å². The largest absolute Gasteiger partial charge is 0.311 e. The third-order valence-electron chi connectivity index (χ3n) is 11.2. The average Bonchev–Trinajstić information content (AvgIpc) is 3.66. The summed E-state index contributed by atoms with van der Waals surface area (Å²) >= 11 is 0. The Labute approximate surface area is 310 Å². The van der Waals surface area contributed by atoms with Crippen molar-refractivity contribution in [3.05, 3.63) is 205 Å². The first-order valence-electron chi connectivity index (χ1n) is 18.4. The van der Waals surface area contributed by atoms with Crippen LogP contribution in [0.5, 0.6) is 0 Å². The molecule has 0 saturated carbocycles. The molecule has 2 heteroatoms. The van der Waals surface area contributed by atoms with E-state index in [-0.39, 0.29) is 5.41 Å². The first-order chi connectivity index (χ1) is 26.0. The zero-order chi connectivity index (χ0) is 35.5. The highest BCUT2D eigenvalue weighted by atomic mass is 15.1. The Kier molecular flexibility index (Phi) is 7.19. The van der Waals surface area contributed by atoms with Crippen molar-refractivity contribution < 1.29 is 0 Å². The van der Waals surface area contributed by atoms with Gasteiger partial charge in [-0.2, -0.15) is 0 Å². The third kappa shape index (κ3) is 5.10. The van der Waals surface area contributed by atoms with E-state index >= 15 is 0 Å². The minimum absolute atomic E-state index is 0.0715. The molecule has 53 heavy (non-hydrogen) atoms. The molecule has 9 aromatic rings. The first-order valence-corrected chi connectivity index (χ1v) is 18.4. The fraction of sp³-hybridized carbons (Fsp3) is 0.0588. The number of benzene rings is 8. The lowest BCUT2D eigenvalue weighted by Gasteiger charge is -2.26. The van der Waals surface area contributed by atoms with Crippen LogP contribution in [0.4, 0.5) is 17.1 Å². The smallest absolute Gasteiger partial charge is 0.0544 e. The summed E-state index contributed by atoms with van der Waals surface area (Å²) in [7, 11) is 0. The molecule has 1 aliphatic rings. The lowest BCUT2D eigenvalue weighted by atomic mass is 9.82. The highest BCUT2D eigenvalue weighted by molar-refractivity contribution is 6.11. The van der Waals surface area contributed by atoms with E-state index in [9.17, 15) is 0 Å². The van der Waals surface area contributed by atoms with Crippen LogP contribution in [-0.4, -0.2) is 4.57 Å². The van der Waals surface area contributed by atoms with E-state index in [1.807, 2.05) is 0 Å². The second kappa shape index (κ2) is 12.3. The van der Waals surface area contributed by atoms with E-state index < -0.39 is 0 Å². The SMILES string of the molecule is CC1(C)c2ccccc2-c2cc3c4ccccc4n(-c4ccc(N(c5ccc(-c6ccccc6)cc5)c5ccc(-c6ccccc6)cc5)cc4)c3cc21. The summed E-state index contributed by atoms with van der Waals surface area (Å²) in [5.41, 5.74) is 17.2. The number of hydrogen-bond acceptors (Lipinski definition) is 1. The Morgan fingerprint density at radius 1 is 0.377 bits per heavy atom. The van der Waals surface area contributed by atoms with Crippen molar-refractivity contribution >= 4 is 38.9 Å². The van der Waals surface area contributed by atoms with Crippen molar-refractivity contribution in [1.29, 1.82) is 0 Å². The van der Waals surface area contributed by atoms with Gasteiger partial charge in [-0.3, -0.25) is 0 Å². The van der Waals surface area contributed by atoms with Crippen molar-refractivity contribution in [3.63, 3.8) is 0 Å². The van der Waals surface area contributed by atoms with Crippen LogP contribution in [-0.2, 0) is 5.41 Å². The molecule has 0 spiro atoms. The van der Waals surface area contributed by atoms with E-state index in [2.05, 4.69) is 217 Å². The molecule has 0 atom stereocenters. The van der Waals surface area contributed by atoms with Gasteiger partial charge in [0, 0.05) is 38.9 Å². The summed E-state index contributed by atoms with van der Waals surface area (Å²) in [6.45, 7) is 4.72. The molecule has 8 aromatic carbocycles. The lowest BCUT2D eigenvalue weighted by Crippen LogP contribution is -2.15. The summed E-state index contributed by atoms with van der Waals surface area (Å²) in [6.07, 6.45) is 0. The Bertz CT molecular complexity index is 2670. The van der Waals surface area contributed by atoms with Crippen LogP contribution in [0.3, 0.4) is 0 Å². The van der Waals surface area contributed by atoms with Gasteiger partial charge in [0.1, 0.15) is 0 Å². The predicted molar refractivity (Wildman–Crippen MR) is 224 cm³/mol. The molecule has 0 aliphatic heterocycles. The number of nitrogens with zero attached hydrogens (tertiary/aromatic N) is 2. The van der Waals surface area contributed by atoms with Crippen LogP contribution in [0.2, 0.25) is 0 Å². The minimum Gasteiger partial charge on any atom is -0.311 e. The van der Waals surface area contributed by atoms with Crippen molar-refractivity contribution in [2.75, 3.05) is 4.90 Å². The molecule has 2 nitrogen and oxygen atoms in total. The fourth-order valence-corrected chi connectivity index (χ4v) is 8.51. The number of aromatic nitrogens is 1. The van der Waals surface area contributed by atoms with Gasteiger partial charge in [-0.15, -0.1) is 0 Å². The molecule has 10 rings (SSSR count). The maximum atomic E-state index is 2.45. The molecule has 0 radical (unpaired) electrons. The van der Waals surface area contributed by atoms with Gasteiger partial charge in [-0.05, 0) is 111 Å². The van der Waals surface area contributed by atoms with Gasteiger partial charge in [0.15, 0.2) is 0 Å². The Morgan fingerprint density at radius 3 is 1.47 bits per heavy atom. The number of fused-ring (bicyclic) bond motifs is 6. The topological polar surface area (TPSA) is 8.17 Å². The van der Waals surface area contributed by atoms with Crippen LogP contribution in [0.25, 0.3) is 60.9 Å². The first kappa shape index (κ1) is 31.1. The van der Waals surface area contributed by atoms with Gasteiger partial charge in [0.05, 0.1) is 11.0 Å². The van der Waals surface area contributed by atoms with E-state index in [0.717, 1.165) is 22.7 Å². The molecule has 0 fully saturated rings. The molecule has 252 valence electrons. The van der Waals surface area contributed by atoms with Gasteiger partial charge in [0.2, 0.25) is 0 Å². The maximum Gasteiger partial charge on any atom is 0.0544 e. The number of hydrogen-bond donors (Lipinski definition) is 0. The summed E-state index contributed by atoms with van der Waals surface area (Å²) in [6, 6.07) is 70.7. The maximum absolute atomic E-state index is 2.45. The van der Waals surface area contributed by atoms with Crippen LogP contribution in [0.15, 0.2) is 194 Å². The number of rotatable bonds is 6. The van der Waals surface area contributed by atoms with Gasteiger partial charge in [-0.25, -0.2) is 0 Å². The van der Waals surface area contributed by atoms with Crippen molar-refractivity contribution in [2.45, 2.75) is 19.3 Å². The minimum atomic E-state index is -0.0715. The molecule has 0 amide bonds. The zero-order valence-corrected chi connectivity index (χ0v) is 29.9. The molecule has 1 aliphatic carbocycles. The normalized spacial score (nSPS) is 12.9. The Hall–Kier alpha value is -6.64. The molecular formula is C51H38N2. The summed E-state index contributed by atoms with van der Waals surface area (Å²) in [5, 5.41) is 2.56. The fourth-order valence-electron chi connectivity index (χ4n) is 8.51. The highest BCUT2D eigenvalue weighted by Crippen LogP contribution is 2.51. The van der Waals surface area contributed by atoms with Gasteiger partial charge in [0.25, 0.3) is 0 Å². The average molecular weight is 679 g/mol. The van der Waals surface area contributed by atoms with Crippen molar-refractivity contribution in [3.8, 4) is 39.1 Å². The predicted octanol–water partition coefficient (Wildman–Crippen LogP) is 13.9. The highest BCUT2D eigenvalue weighted by Gasteiger charge is 2.36. The van der Waals surface area contributed by atoms with Crippen molar-refractivity contribution in [1.82, 2.24) is 4.57 Å². The zero-order valence-electron chi connectivity index (χ0n) is 29.9. The molecule has 0 saturated heterocycles. The van der Waals surface area contributed by atoms with Gasteiger partial charge in [-0.1, -0.05) is 141 Å². The van der Waals surface area contributed by atoms with E-state index in [4.69, 9.17) is 0 Å². The van der Waals surface area contributed by atoms with E-state index in [1.54, 1.807) is 0 Å². The molecule has 1 heterocycles.